The van der Waals surface area contributed by atoms with E-state index in [1.807, 2.05) is 18.2 Å². The second-order valence-corrected chi connectivity index (χ2v) is 7.27. The molecule has 2 aromatic heterocycles. The molecule has 0 amide bonds. The van der Waals surface area contributed by atoms with E-state index < -0.39 is 0 Å². The number of hydrogen-bond acceptors (Lipinski definition) is 5. The van der Waals surface area contributed by atoms with E-state index in [0.29, 0.717) is 0 Å². The fourth-order valence-electron chi connectivity index (χ4n) is 4.05. The first-order valence-electron chi connectivity index (χ1n) is 9.97. The maximum Gasteiger partial charge on any atom is 0.171 e. The summed E-state index contributed by atoms with van der Waals surface area (Å²) in [4.78, 5) is 9.77. The van der Waals surface area contributed by atoms with E-state index >= 15 is 0 Å². The largest absolute Gasteiger partial charge is 0.369 e. The second kappa shape index (κ2) is 7.20. The van der Waals surface area contributed by atoms with Crippen LogP contribution in [0.25, 0.3) is 16.6 Å². The van der Waals surface area contributed by atoms with Crippen LogP contribution in [0.15, 0.2) is 54.6 Å². The number of para-hydroxylation sites is 2. The van der Waals surface area contributed by atoms with Gasteiger partial charge in [0.15, 0.2) is 11.5 Å². The van der Waals surface area contributed by atoms with Crippen LogP contribution in [0, 0.1) is 0 Å². The number of piperazine rings is 1. The van der Waals surface area contributed by atoms with Gasteiger partial charge in [-0.2, -0.15) is 0 Å². The lowest BCUT2D eigenvalue weighted by molar-refractivity contribution is 0.243. The van der Waals surface area contributed by atoms with E-state index in [4.69, 9.17) is 4.98 Å². The molecule has 1 fully saturated rings. The zero-order valence-corrected chi connectivity index (χ0v) is 16.1. The highest BCUT2D eigenvalue weighted by Crippen LogP contribution is 2.21. The summed E-state index contributed by atoms with van der Waals surface area (Å²) < 4.78 is 2.16. The maximum absolute atomic E-state index is 4.86. The predicted molar refractivity (Wildman–Crippen MR) is 112 cm³/mol. The molecule has 1 saturated heterocycles. The van der Waals surface area contributed by atoms with Crippen molar-refractivity contribution < 1.29 is 0 Å². The van der Waals surface area contributed by atoms with Gasteiger partial charge in [0, 0.05) is 43.7 Å². The summed E-state index contributed by atoms with van der Waals surface area (Å²) in [7, 11) is 0. The molecule has 1 aliphatic heterocycles. The monoisotopic (exact) mass is 372 g/mol. The van der Waals surface area contributed by atoms with Gasteiger partial charge in [-0.25, -0.2) is 4.98 Å². The lowest BCUT2D eigenvalue weighted by atomic mass is 10.2. The van der Waals surface area contributed by atoms with Gasteiger partial charge in [0.2, 0.25) is 0 Å². The summed E-state index contributed by atoms with van der Waals surface area (Å²) in [5.74, 6) is 2.01. The van der Waals surface area contributed by atoms with Crippen molar-refractivity contribution in [2.75, 3.05) is 31.1 Å². The van der Waals surface area contributed by atoms with Crippen molar-refractivity contribution in [1.82, 2.24) is 24.5 Å². The SMILES string of the molecule is CCc1nc2ccccc2c2nnc(CN3CCN(c4ccccc4)CC3)n12. The summed E-state index contributed by atoms with van der Waals surface area (Å²) in [6.07, 6.45) is 0.855. The highest BCUT2D eigenvalue weighted by Gasteiger charge is 2.20. The van der Waals surface area contributed by atoms with Crippen LogP contribution in [-0.4, -0.2) is 50.7 Å². The Kier molecular flexibility index (Phi) is 4.41. The number of fused-ring (bicyclic) bond motifs is 3. The van der Waals surface area contributed by atoms with Crippen molar-refractivity contribution in [3.8, 4) is 0 Å². The standard InChI is InChI=1S/C22H24N6/c1-2-20-23-19-11-7-6-10-18(19)22-25-24-21(28(20)22)16-26-12-14-27(15-13-26)17-8-4-3-5-9-17/h3-11H,2,12-16H2,1H3. The average molecular weight is 372 g/mol. The van der Waals surface area contributed by atoms with E-state index in [9.17, 15) is 0 Å². The number of anilines is 1. The zero-order chi connectivity index (χ0) is 18.9. The van der Waals surface area contributed by atoms with Crippen LogP contribution >= 0.6 is 0 Å². The fraction of sp³-hybridized carbons (Fsp3) is 0.318. The Labute approximate surface area is 164 Å². The van der Waals surface area contributed by atoms with Crippen molar-refractivity contribution >= 4 is 22.2 Å². The van der Waals surface area contributed by atoms with Gasteiger partial charge < -0.3 is 4.90 Å². The van der Waals surface area contributed by atoms with Crippen LogP contribution in [-0.2, 0) is 13.0 Å². The first-order chi connectivity index (χ1) is 13.8. The van der Waals surface area contributed by atoms with Crippen molar-refractivity contribution in [1.29, 1.82) is 0 Å². The summed E-state index contributed by atoms with van der Waals surface area (Å²) in [6.45, 7) is 7.04. The Morgan fingerprint density at radius 1 is 0.821 bits per heavy atom. The molecule has 6 heteroatoms. The fourth-order valence-corrected chi connectivity index (χ4v) is 4.05. The average Bonchev–Trinajstić information content (AvgIpc) is 3.18. The molecule has 0 saturated carbocycles. The molecule has 3 heterocycles. The molecular formula is C22H24N6. The molecule has 4 aromatic rings. The molecule has 6 nitrogen and oxygen atoms in total. The van der Waals surface area contributed by atoms with Gasteiger partial charge in [0.25, 0.3) is 0 Å². The number of aryl methyl sites for hydroxylation is 1. The third-order valence-corrected chi connectivity index (χ3v) is 5.56. The number of benzene rings is 2. The first kappa shape index (κ1) is 17.1. The van der Waals surface area contributed by atoms with E-state index in [1.165, 1.54) is 5.69 Å². The molecule has 5 rings (SSSR count). The Morgan fingerprint density at radius 2 is 1.57 bits per heavy atom. The topological polar surface area (TPSA) is 49.6 Å². The van der Waals surface area contributed by atoms with Gasteiger partial charge in [-0.1, -0.05) is 37.3 Å². The van der Waals surface area contributed by atoms with Crippen molar-refractivity contribution in [3.63, 3.8) is 0 Å². The molecule has 1 aliphatic rings. The summed E-state index contributed by atoms with van der Waals surface area (Å²) in [5.41, 5.74) is 3.21. The third kappa shape index (κ3) is 2.99. The molecule has 0 radical (unpaired) electrons. The second-order valence-electron chi connectivity index (χ2n) is 7.27. The van der Waals surface area contributed by atoms with Crippen LogP contribution in [0.3, 0.4) is 0 Å². The molecule has 0 aliphatic carbocycles. The van der Waals surface area contributed by atoms with E-state index in [0.717, 1.165) is 67.3 Å². The first-order valence-corrected chi connectivity index (χ1v) is 9.97. The molecule has 0 spiro atoms. The lowest BCUT2D eigenvalue weighted by Crippen LogP contribution is -2.46. The van der Waals surface area contributed by atoms with Gasteiger partial charge >= 0.3 is 0 Å². The Bertz CT molecular complexity index is 1100. The van der Waals surface area contributed by atoms with E-state index in [-0.39, 0.29) is 0 Å². The molecule has 28 heavy (non-hydrogen) atoms. The van der Waals surface area contributed by atoms with Crippen LogP contribution in [0.4, 0.5) is 5.69 Å². The van der Waals surface area contributed by atoms with E-state index in [1.54, 1.807) is 0 Å². The molecular weight excluding hydrogens is 348 g/mol. The Morgan fingerprint density at radius 3 is 2.36 bits per heavy atom. The number of hydrogen-bond donors (Lipinski definition) is 0. The smallest absolute Gasteiger partial charge is 0.171 e. The zero-order valence-electron chi connectivity index (χ0n) is 16.1. The molecule has 0 atom stereocenters. The van der Waals surface area contributed by atoms with Crippen LogP contribution in [0.2, 0.25) is 0 Å². The van der Waals surface area contributed by atoms with Gasteiger partial charge in [0.05, 0.1) is 12.1 Å². The summed E-state index contributed by atoms with van der Waals surface area (Å²) in [5, 5.41) is 10.1. The van der Waals surface area contributed by atoms with Gasteiger partial charge in [-0.3, -0.25) is 9.30 Å². The Hall–Kier alpha value is -2.99. The minimum atomic E-state index is 0.802. The van der Waals surface area contributed by atoms with Gasteiger partial charge in [-0.05, 0) is 24.3 Å². The molecule has 0 N–H and O–H groups in total. The number of aromatic nitrogens is 4. The van der Waals surface area contributed by atoms with Crippen molar-refractivity contribution in [3.05, 3.63) is 66.2 Å². The van der Waals surface area contributed by atoms with Crippen LogP contribution in [0.5, 0.6) is 0 Å². The van der Waals surface area contributed by atoms with Crippen molar-refractivity contribution in [2.24, 2.45) is 0 Å². The minimum absolute atomic E-state index is 0.802. The minimum Gasteiger partial charge on any atom is -0.369 e. The number of rotatable bonds is 4. The predicted octanol–water partition coefficient (Wildman–Crippen LogP) is 3.16. The number of nitrogens with zero attached hydrogens (tertiary/aromatic N) is 6. The molecule has 142 valence electrons. The lowest BCUT2D eigenvalue weighted by Gasteiger charge is -2.35. The summed E-state index contributed by atoms with van der Waals surface area (Å²) >= 11 is 0. The highest BCUT2D eigenvalue weighted by molar-refractivity contribution is 5.91. The molecule has 0 bridgehead atoms. The quantitative estimate of drug-likeness (QED) is 0.551. The maximum atomic E-state index is 4.86. The molecule has 0 unspecified atom stereocenters. The van der Waals surface area contributed by atoms with Crippen LogP contribution in [0.1, 0.15) is 18.6 Å². The van der Waals surface area contributed by atoms with Crippen molar-refractivity contribution in [2.45, 2.75) is 19.9 Å². The molecule has 2 aromatic carbocycles. The summed E-state index contributed by atoms with van der Waals surface area (Å²) in [6, 6.07) is 18.8. The van der Waals surface area contributed by atoms with Gasteiger partial charge in [-0.15, -0.1) is 10.2 Å². The van der Waals surface area contributed by atoms with Crippen LogP contribution < -0.4 is 4.90 Å². The van der Waals surface area contributed by atoms with Gasteiger partial charge in [0.1, 0.15) is 5.82 Å². The van der Waals surface area contributed by atoms with E-state index in [2.05, 4.69) is 67.7 Å². The highest BCUT2D eigenvalue weighted by atomic mass is 15.3. The normalized spacial score (nSPS) is 15.5. The Balaban J connectivity index is 1.40. The third-order valence-electron chi connectivity index (χ3n) is 5.56.